The van der Waals surface area contributed by atoms with Gasteiger partial charge in [0.25, 0.3) is 0 Å². The van der Waals surface area contributed by atoms with Crippen LogP contribution in [0.3, 0.4) is 0 Å². The Hall–Kier alpha value is -1.78. The highest BCUT2D eigenvalue weighted by Gasteiger charge is 2.20. The maximum atomic E-state index is 4.61. The molecule has 1 saturated carbocycles. The Labute approximate surface area is 127 Å². The minimum Gasteiger partial charge on any atom is -0.370 e. The molecule has 5 nitrogen and oxygen atoms in total. The van der Waals surface area contributed by atoms with E-state index in [0.717, 1.165) is 56.7 Å². The van der Waals surface area contributed by atoms with E-state index in [-0.39, 0.29) is 0 Å². The molecule has 0 aliphatic heterocycles. The summed E-state index contributed by atoms with van der Waals surface area (Å²) >= 11 is 0. The fraction of sp³-hybridized carbons (Fsp3) is 0.625. The quantitative estimate of drug-likeness (QED) is 0.371. The van der Waals surface area contributed by atoms with Gasteiger partial charge in [0, 0.05) is 32.4 Å². The predicted molar refractivity (Wildman–Crippen MR) is 88.7 cm³/mol. The SMILES string of the molecule is CCNC(=NCC1CC1)NCCCCNc1ccccn1. The summed E-state index contributed by atoms with van der Waals surface area (Å²) in [7, 11) is 0. The number of hydrogen-bond acceptors (Lipinski definition) is 3. The van der Waals surface area contributed by atoms with Crippen molar-refractivity contribution in [1.82, 2.24) is 15.6 Å². The lowest BCUT2D eigenvalue weighted by molar-refractivity contribution is 0.708. The molecule has 1 aliphatic rings. The number of unbranched alkanes of at least 4 members (excludes halogenated alkanes) is 1. The molecule has 2 rings (SSSR count). The highest BCUT2D eigenvalue weighted by molar-refractivity contribution is 5.79. The number of pyridine rings is 1. The van der Waals surface area contributed by atoms with Crippen LogP contribution in [0.2, 0.25) is 0 Å². The molecule has 1 fully saturated rings. The van der Waals surface area contributed by atoms with Crippen molar-refractivity contribution in [3.8, 4) is 0 Å². The molecule has 116 valence electrons. The van der Waals surface area contributed by atoms with Crippen molar-refractivity contribution in [3.63, 3.8) is 0 Å². The Morgan fingerprint density at radius 3 is 2.81 bits per heavy atom. The zero-order valence-electron chi connectivity index (χ0n) is 12.9. The zero-order valence-corrected chi connectivity index (χ0v) is 12.9. The molecule has 0 bridgehead atoms. The van der Waals surface area contributed by atoms with Gasteiger partial charge in [-0.15, -0.1) is 0 Å². The summed E-state index contributed by atoms with van der Waals surface area (Å²) in [5, 5.41) is 10.0. The minimum atomic E-state index is 0.836. The standard InChI is InChI=1S/C16H27N5/c1-2-17-16(21-13-14-8-9-14)20-12-6-5-11-19-15-7-3-4-10-18-15/h3-4,7,10,14H,2,5-6,8-9,11-13H2,1H3,(H,18,19)(H2,17,20,21). The van der Waals surface area contributed by atoms with Crippen molar-refractivity contribution in [2.75, 3.05) is 31.5 Å². The summed E-state index contributed by atoms with van der Waals surface area (Å²) in [5.74, 6) is 2.75. The summed E-state index contributed by atoms with van der Waals surface area (Å²) in [6, 6.07) is 5.92. The number of hydrogen-bond donors (Lipinski definition) is 3. The van der Waals surface area contributed by atoms with Gasteiger partial charge in [-0.05, 0) is 50.7 Å². The van der Waals surface area contributed by atoms with Crippen LogP contribution in [0.4, 0.5) is 5.82 Å². The number of aliphatic imine (C=N–C) groups is 1. The third-order valence-corrected chi connectivity index (χ3v) is 3.42. The third kappa shape index (κ3) is 6.97. The molecule has 0 unspecified atom stereocenters. The van der Waals surface area contributed by atoms with Gasteiger partial charge < -0.3 is 16.0 Å². The lowest BCUT2D eigenvalue weighted by Gasteiger charge is -2.11. The average Bonchev–Trinajstić information content (AvgIpc) is 3.33. The Balaban J connectivity index is 1.53. The Morgan fingerprint density at radius 1 is 1.24 bits per heavy atom. The average molecular weight is 289 g/mol. The fourth-order valence-electron chi connectivity index (χ4n) is 2.00. The van der Waals surface area contributed by atoms with Gasteiger partial charge in [0.05, 0.1) is 0 Å². The number of nitrogens with one attached hydrogen (secondary N) is 3. The molecule has 0 aromatic carbocycles. The van der Waals surface area contributed by atoms with Crippen LogP contribution in [0.15, 0.2) is 29.4 Å². The fourth-order valence-corrected chi connectivity index (χ4v) is 2.00. The van der Waals surface area contributed by atoms with E-state index in [4.69, 9.17) is 0 Å². The Bertz CT molecular complexity index is 414. The van der Waals surface area contributed by atoms with Crippen LogP contribution in [0.1, 0.15) is 32.6 Å². The van der Waals surface area contributed by atoms with Crippen LogP contribution >= 0.6 is 0 Å². The van der Waals surface area contributed by atoms with E-state index in [1.54, 1.807) is 0 Å². The molecule has 5 heteroatoms. The van der Waals surface area contributed by atoms with Gasteiger partial charge in [-0.3, -0.25) is 4.99 Å². The maximum absolute atomic E-state index is 4.61. The molecule has 0 amide bonds. The van der Waals surface area contributed by atoms with Gasteiger partial charge >= 0.3 is 0 Å². The smallest absolute Gasteiger partial charge is 0.191 e. The first kappa shape index (κ1) is 15.6. The molecule has 1 heterocycles. The van der Waals surface area contributed by atoms with Crippen molar-refractivity contribution in [2.45, 2.75) is 32.6 Å². The van der Waals surface area contributed by atoms with Gasteiger partial charge in [-0.25, -0.2) is 4.98 Å². The molecule has 0 radical (unpaired) electrons. The second kappa shape index (κ2) is 9.21. The second-order valence-electron chi connectivity index (χ2n) is 5.44. The van der Waals surface area contributed by atoms with Crippen molar-refractivity contribution in [2.24, 2.45) is 10.9 Å². The zero-order chi connectivity index (χ0) is 14.8. The van der Waals surface area contributed by atoms with Gasteiger partial charge in [0.1, 0.15) is 5.82 Å². The van der Waals surface area contributed by atoms with Crippen LogP contribution in [-0.4, -0.2) is 37.1 Å². The second-order valence-corrected chi connectivity index (χ2v) is 5.44. The maximum Gasteiger partial charge on any atom is 0.191 e. The number of guanidine groups is 1. The van der Waals surface area contributed by atoms with Gasteiger partial charge in [0.2, 0.25) is 0 Å². The topological polar surface area (TPSA) is 61.3 Å². The summed E-state index contributed by atoms with van der Waals surface area (Å²) in [5.41, 5.74) is 0. The number of anilines is 1. The van der Waals surface area contributed by atoms with Crippen molar-refractivity contribution < 1.29 is 0 Å². The number of rotatable bonds is 9. The van der Waals surface area contributed by atoms with Crippen molar-refractivity contribution >= 4 is 11.8 Å². The normalized spacial score (nSPS) is 14.8. The molecule has 1 aromatic heterocycles. The van der Waals surface area contributed by atoms with E-state index in [9.17, 15) is 0 Å². The largest absolute Gasteiger partial charge is 0.370 e. The van der Waals surface area contributed by atoms with Crippen LogP contribution in [0.25, 0.3) is 0 Å². The lowest BCUT2D eigenvalue weighted by Crippen LogP contribution is -2.38. The summed E-state index contributed by atoms with van der Waals surface area (Å²) in [4.78, 5) is 8.85. The molecule has 3 N–H and O–H groups in total. The molecular weight excluding hydrogens is 262 g/mol. The van der Waals surface area contributed by atoms with E-state index in [1.165, 1.54) is 12.8 Å². The van der Waals surface area contributed by atoms with Crippen LogP contribution in [0, 0.1) is 5.92 Å². The first-order valence-corrected chi connectivity index (χ1v) is 8.05. The van der Waals surface area contributed by atoms with Gasteiger partial charge in [-0.1, -0.05) is 6.07 Å². The number of nitrogens with zero attached hydrogens (tertiary/aromatic N) is 2. The molecule has 1 aromatic rings. The molecule has 1 aliphatic carbocycles. The van der Waals surface area contributed by atoms with E-state index in [1.807, 2.05) is 24.4 Å². The third-order valence-electron chi connectivity index (χ3n) is 3.42. The highest BCUT2D eigenvalue weighted by Crippen LogP contribution is 2.28. The number of aromatic nitrogens is 1. The summed E-state index contributed by atoms with van der Waals surface area (Å²) in [6.07, 6.45) is 6.74. The first-order valence-electron chi connectivity index (χ1n) is 8.05. The molecule has 0 spiro atoms. The lowest BCUT2D eigenvalue weighted by atomic mass is 10.3. The van der Waals surface area contributed by atoms with Crippen molar-refractivity contribution in [1.29, 1.82) is 0 Å². The van der Waals surface area contributed by atoms with Crippen LogP contribution in [0.5, 0.6) is 0 Å². The molecule has 0 atom stereocenters. The van der Waals surface area contributed by atoms with Crippen LogP contribution < -0.4 is 16.0 Å². The molecular formula is C16H27N5. The summed E-state index contributed by atoms with van der Waals surface area (Å²) in [6.45, 7) is 5.90. The van der Waals surface area contributed by atoms with Gasteiger partial charge in [0.15, 0.2) is 5.96 Å². The highest BCUT2D eigenvalue weighted by atomic mass is 15.2. The van der Waals surface area contributed by atoms with Crippen molar-refractivity contribution in [3.05, 3.63) is 24.4 Å². The monoisotopic (exact) mass is 289 g/mol. The first-order chi connectivity index (χ1) is 10.4. The Morgan fingerprint density at radius 2 is 2.10 bits per heavy atom. The Kier molecular flexibility index (Phi) is 6.84. The van der Waals surface area contributed by atoms with E-state index in [2.05, 4.69) is 32.9 Å². The molecule has 21 heavy (non-hydrogen) atoms. The predicted octanol–water partition coefficient (Wildman–Crippen LogP) is 2.24. The van der Waals surface area contributed by atoms with E-state index >= 15 is 0 Å². The molecule has 0 saturated heterocycles. The van der Waals surface area contributed by atoms with Gasteiger partial charge in [-0.2, -0.15) is 0 Å². The van der Waals surface area contributed by atoms with Crippen LogP contribution in [-0.2, 0) is 0 Å². The van der Waals surface area contributed by atoms with E-state index in [0.29, 0.717) is 0 Å². The van der Waals surface area contributed by atoms with E-state index < -0.39 is 0 Å². The summed E-state index contributed by atoms with van der Waals surface area (Å²) < 4.78 is 0. The minimum absolute atomic E-state index is 0.836.